The van der Waals surface area contributed by atoms with E-state index >= 15 is 0 Å². The molecule has 23 heavy (non-hydrogen) atoms. The number of benzene rings is 2. The summed E-state index contributed by atoms with van der Waals surface area (Å²) in [6.45, 7) is 0. The molecule has 0 aliphatic heterocycles. The molecular formula is C17H14O6. The minimum Gasteiger partial charge on any atom is -0.478 e. The van der Waals surface area contributed by atoms with Gasteiger partial charge < -0.3 is 15.3 Å². The number of carboxylic acids is 3. The second-order valence-corrected chi connectivity index (χ2v) is 4.24. The van der Waals surface area contributed by atoms with Gasteiger partial charge in [0, 0.05) is 6.08 Å². The maximum absolute atomic E-state index is 10.5. The molecule has 0 saturated heterocycles. The zero-order valence-electron chi connectivity index (χ0n) is 11.9. The molecule has 0 spiro atoms. The van der Waals surface area contributed by atoms with E-state index in [2.05, 4.69) is 0 Å². The summed E-state index contributed by atoms with van der Waals surface area (Å²) in [4.78, 5) is 31.0. The van der Waals surface area contributed by atoms with Crippen LogP contribution in [0.3, 0.4) is 0 Å². The summed E-state index contributed by atoms with van der Waals surface area (Å²) in [6, 6.07) is 14.8. The molecule has 0 fully saturated rings. The van der Waals surface area contributed by atoms with Gasteiger partial charge in [0.05, 0.1) is 11.1 Å². The van der Waals surface area contributed by atoms with Crippen molar-refractivity contribution < 1.29 is 29.7 Å². The van der Waals surface area contributed by atoms with Gasteiger partial charge in [-0.05, 0) is 23.8 Å². The van der Waals surface area contributed by atoms with Gasteiger partial charge >= 0.3 is 17.9 Å². The van der Waals surface area contributed by atoms with Gasteiger partial charge in [0.15, 0.2) is 0 Å². The average Bonchev–Trinajstić information content (AvgIpc) is 2.54. The van der Waals surface area contributed by atoms with Crippen molar-refractivity contribution in [2.24, 2.45) is 0 Å². The fraction of sp³-hybridized carbons (Fsp3) is 0. The Balaban J connectivity index is 0.000000231. The third kappa shape index (κ3) is 6.26. The van der Waals surface area contributed by atoms with Crippen molar-refractivity contribution >= 4 is 24.0 Å². The van der Waals surface area contributed by atoms with Gasteiger partial charge in [-0.2, -0.15) is 0 Å². The first-order chi connectivity index (χ1) is 10.9. The molecule has 0 unspecified atom stereocenters. The van der Waals surface area contributed by atoms with Crippen molar-refractivity contribution in [2.45, 2.75) is 0 Å². The lowest BCUT2D eigenvalue weighted by atomic mass is 10.1. The largest absolute Gasteiger partial charge is 0.478 e. The van der Waals surface area contributed by atoms with Gasteiger partial charge in [-0.3, -0.25) is 0 Å². The Morgan fingerprint density at radius 2 is 1.13 bits per heavy atom. The molecule has 2 aromatic rings. The standard InChI is InChI=1S/C9H8O2.C8H6O4/c10-9(11)7-6-8-4-2-1-3-5-8;9-7(10)5-3-1-2-4-6(5)8(11)12/h1-7H,(H,10,11);1-4H,(H,9,10)(H,11,12). The number of carboxylic acid groups (broad SMARTS) is 3. The zero-order valence-corrected chi connectivity index (χ0v) is 11.9. The summed E-state index contributed by atoms with van der Waals surface area (Å²) >= 11 is 0. The van der Waals surface area contributed by atoms with E-state index in [0.717, 1.165) is 11.6 Å². The van der Waals surface area contributed by atoms with Crippen LogP contribution in [0, 0.1) is 0 Å². The molecule has 6 heteroatoms. The molecule has 0 radical (unpaired) electrons. The van der Waals surface area contributed by atoms with Crippen molar-refractivity contribution in [3.63, 3.8) is 0 Å². The molecule has 3 N–H and O–H groups in total. The van der Waals surface area contributed by atoms with Crippen LogP contribution in [0.15, 0.2) is 60.7 Å². The molecule has 0 bridgehead atoms. The molecule has 0 atom stereocenters. The van der Waals surface area contributed by atoms with Gasteiger partial charge in [-0.1, -0.05) is 42.5 Å². The predicted octanol–water partition coefficient (Wildman–Crippen LogP) is 2.87. The molecular weight excluding hydrogens is 300 g/mol. The van der Waals surface area contributed by atoms with E-state index in [9.17, 15) is 14.4 Å². The zero-order chi connectivity index (χ0) is 17.2. The maximum Gasteiger partial charge on any atom is 0.336 e. The molecule has 0 heterocycles. The summed E-state index contributed by atoms with van der Waals surface area (Å²) in [5.74, 6) is -3.38. The highest BCUT2D eigenvalue weighted by atomic mass is 16.4. The van der Waals surface area contributed by atoms with Gasteiger partial charge in [-0.15, -0.1) is 0 Å². The SMILES string of the molecule is O=C(O)C=Cc1ccccc1.O=C(O)c1ccccc1C(=O)O. The van der Waals surface area contributed by atoms with Crippen molar-refractivity contribution in [2.75, 3.05) is 0 Å². The molecule has 0 aliphatic carbocycles. The van der Waals surface area contributed by atoms with Crippen molar-refractivity contribution in [3.8, 4) is 0 Å². The highest BCUT2D eigenvalue weighted by Gasteiger charge is 2.13. The molecule has 0 amide bonds. The Morgan fingerprint density at radius 3 is 1.52 bits per heavy atom. The number of hydrogen-bond acceptors (Lipinski definition) is 3. The molecule has 2 rings (SSSR count). The highest BCUT2D eigenvalue weighted by molar-refractivity contribution is 6.01. The minimum absolute atomic E-state index is 0.190. The Labute approximate surface area is 131 Å². The summed E-state index contributed by atoms with van der Waals surface area (Å²) in [5, 5.41) is 25.4. The Bertz CT molecular complexity index is 686. The Kier molecular flexibility index (Phi) is 6.74. The van der Waals surface area contributed by atoms with E-state index < -0.39 is 17.9 Å². The van der Waals surface area contributed by atoms with Crippen LogP contribution < -0.4 is 0 Å². The van der Waals surface area contributed by atoms with Crippen LogP contribution >= 0.6 is 0 Å². The fourth-order valence-corrected chi connectivity index (χ4v) is 1.59. The van der Waals surface area contributed by atoms with Crippen LogP contribution in [-0.4, -0.2) is 33.2 Å². The van der Waals surface area contributed by atoms with Gasteiger partial charge in [-0.25, -0.2) is 14.4 Å². The lowest BCUT2D eigenvalue weighted by Crippen LogP contribution is -2.06. The molecule has 118 valence electrons. The quantitative estimate of drug-likeness (QED) is 0.748. The van der Waals surface area contributed by atoms with Crippen LogP contribution in [0.25, 0.3) is 6.08 Å². The van der Waals surface area contributed by atoms with Crippen LogP contribution in [0.4, 0.5) is 0 Å². The van der Waals surface area contributed by atoms with Crippen LogP contribution in [0.2, 0.25) is 0 Å². The summed E-state index contributed by atoms with van der Waals surface area (Å²) in [5.41, 5.74) is 0.518. The third-order valence-corrected chi connectivity index (χ3v) is 2.61. The fourth-order valence-electron chi connectivity index (χ4n) is 1.59. The highest BCUT2D eigenvalue weighted by Crippen LogP contribution is 2.07. The summed E-state index contributed by atoms with van der Waals surface area (Å²) in [6.07, 6.45) is 2.68. The van der Waals surface area contributed by atoms with Crippen molar-refractivity contribution in [3.05, 3.63) is 77.4 Å². The van der Waals surface area contributed by atoms with Gasteiger partial charge in [0.1, 0.15) is 0 Å². The van der Waals surface area contributed by atoms with Crippen molar-refractivity contribution in [1.82, 2.24) is 0 Å². The van der Waals surface area contributed by atoms with E-state index in [4.69, 9.17) is 15.3 Å². The monoisotopic (exact) mass is 314 g/mol. The number of hydrogen-bond donors (Lipinski definition) is 3. The number of carbonyl (C=O) groups is 3. The van der Waals surface area contributed by atoms with E-state index in [0.29, 0.717) is 0 Å². The topological polar surface area (TPSA) is 112 Å². The Morgan fingerprint density at radius 1 is 0.696 bits per heavy atom. The number of rotatable bonds is 4. The predicted molar refractivity (Wildman–Crippen MR) is 83.5 cm³/mol. The average molecular weight is 314 g/mol. The second kappa shape index (κ2) is 8.78. The summed E-state index contributed by atoms with van der Waals surface area (Å²) in [7, 11) is 0. The van der Waals surface area contributed by atoms with Crippen LogP contribution in [0.1, 0.15) is 26.3 Å². The van der Waals surface area contributed by atoms with Crippen molar-refractivity contribution in [1.29, 1.82) is 0 Å². The van der Waals surface area contributed by atoms with Gasteiger partial charge in [0.2, 0.25) is 0 Å². The van der Waals surface area contributed by atoms with Crippen LogP contribution in [0.5, 0.6) is 0 Å². The summed E-state index contributed by atoms with van der Waals surface area (Å²) < 4.78 is 0. The Hall–Kier alpha value is -3.41. The molecule has 6 nitrogen and oxygen atoms in total. The van der Waals surface area contributed by atoms with E-state index in [-0.39, 0.29) is 11.1 Å². The first kappa shape index (κ1) is 17.6. The number of aromatic carboxylic acids is 2. The molecule has 0 aromatic heterocycles. The second-order valence-electron chi connectivity index (χ2n) is 4.24. The molecule has 0 aliphatic rings. The lowest BCUT2D eigenvalue weighted by molar-refractivity contribution is -0.131. The molecule has 0 saturated carbocycles. The van der Waals surface area contributed by atoms with Crippen LogP contribution in [-0.2, 0) is 4.79 Å². The minimum atomic E-state index is -1.23. The van der Waals surface area contributed by atoms with Gasteiger partial charge in [0.25, 0.3) is 0 Å². The third-order valence-electron chi connectivity index (χ3n) is 2.61. The lowest BCUT2D eigenvalue weighted by Gasteiger charge is -1.98. The maximum atomic E-state index is 10.5. The van der Waals surface area contributed by atoms with E-state index in [1.807, 2.05) is 30.3 Å². The number of aliphatic carboxylic acids is 1. The molecule has 2 aromatic carbocycles. The van der Waals surface area contributed by atoms with E-state index in [1.165, 1.54) is 24.3 Å². The smallest absolute Gasteiger partial charge is 0.336 e. The first-order valence-corrected chi connectivity index (χ1v) is 6.43. The normalized spacial score (nSPS) is 9.74. The first-order valence-electron chi connectivity index (χ1n) is 6.43. The van der Waals surface area contributed by atoms with E-state index in [1.54, 1.807) is 6.08 Å².